The maximum absolute atomic E-state index is 12.2. The summed E-state index contributed by atoms with van der Waals surface area (Å²) >= 11 is 7.22. The molecule has 1 amide bonds. The molecule has 0 saturated carbocycles. The van der Waals surface area contributed by atoms with E-state index in [1.54, 1.807) is 24.3 Å². The van der Waals surface area contributed by atoms with Crippen LogP contribution in [0.2, 0.25) is 5.02 Å². The molecule has 0 saturated heterocycles. The lowest BCUT2D eigenvalue weighted by atomic mass is 10.2. The van der Waals surface area contributed by atoms with E-state index in [-0.39, 0.29) is 11.5 Å². The highest BCUT2D eigenvalue weighted by molar-refractivity contribution is 7.99. The van der Waals surface area contributed by atoms with Crippen LogP contribution in [0.4, 0.5) is 11.5 Å². The van der Waals surface area contributed by atoms with Crippen LogP contribution in [0.3, 0.4) is 0 Å². The topological polar surface area (TPSA) is 101 Å². The van der Waals surface area contributed by atoms with Crippen molar-refractivity contribution in [2.24, 2.45) is 5.92 Å². The third kappa shape index (κ3) is 5.01. The molecule has 0 aliphatic heterocycles. The maximum Gasteiger partial charge on any atom is 0.277 e. The highest BCUT2D eigenvalue weighted by Crippen LogP contribution is 2.19. The number of halogens is 1. The first-order valence-electron chi connectivity index (χ1n) is 7.46. The molecule has 0 unspecified atom stereocenters. The average Bonchev–Trinajstić information content (AvgIpc) is 2.51. The van der Waals surface area contributed by atoms with Crippen molar-refractivity contribution in [3.05, 3.63) is 45.2 Å². The monoisotopic (exact) mass is 366 g/mol. The van der Waals surface area contributed by atoms with Crippen LogP contribution in [0.1, 0.15) is 30.6 Å². The van der Waals surface area contributed by atoms with Gasteiger partial charge in [-0.1, -0.05) is 37.2 Å². The molecular formula is C16H19ClN4O2S. The predicted octanol–water partition coefficient (Wildman–Crippen LogP) is 3.40. The highest BCUT2D eigenvalue weighted by atomic mass is 35.5. The Morgan fingerprint density at radius 2 is 2.04 bits per heavy atom. The Morgan fingerprint density at radius 3 is 2.62 bits per heavy atom. The minimum absolute atomic E-state index is 0.00638. The summed E-state index contributed by atoms with van der Waals surface area (Å²) in [5.74, 6) is 0.940. The largest absolute Gasteiger partial charge is 0.382 e. The lowest BCUT2D eigenvalue weighted by Gasteiger charge is -2.09. The SMILES string of the molecule is CC(C)CCSc1nc(N)c(NC(=O)c2ccc(Cl)cc2)c(=O)[nH]1. The van der Waals surface area contributed by atoms with Crippen LogP contribution >= 0.6 is 23.4 Å². The smallest absolute Gasteiger partial charge is 0.277 e. The number of hydrogen-bond donors (Lipinski definition) is 3. The number of nitrogens with one attached hydrogen (secondary N) is 2. The molecule has 1 aromatic carbocycles. The predicted molar refractivity (Wildman–Crippen MR) is 98.9 cm³/mol. The van der Waals surface area contributed by atoms with Gasteiger partial charge in [-0.25, -0.2) is 4.98 Å². The first kappa shape index (κ1) is 18.4. The van der Waals surface area contributed by atoms with Gasteiger partial charge in [-0.05, 0) is 36.6 Å². The summed E-state index contributed by atoms with van der Waals surface area (Å²) < 4.78 is 0. The second kappa shape index (κ2) is 8.21. The Hall–Kier alpha value is -1.99. The summed E-state index contributed by atoms with van der Waals surface area (Å²) in [7, 11) is 0. The number of carbonyl (C=O) groups is 1. The number of benzene rings is 1. The lowest BCUT2D eigenvalue weighted by Crippen LogP contribution is -2.23. The van der Waals surface area contributed by atoms with Crippen molar-refractivity contribution in [2.45, 2.75) is 25.4 Å². The number of carbonyl (C=O) groups excluding carboxylic acids is 1. The fraction of sp³-hybridized carbons (Fsp3) is 0.312. The first-order chi connectivity index (χ1) is 11.4. The summed E-state index contributed by atoms with van der Waals surface area (Å²) in [4.78, 5) is 31.1. The van der Waals surface area contributed by atoms with E-state index in [9.17, 15) is 9.59 Å². The van der Waals surface area contributed by atoms with Crippen molar-refractivity contribution in [3.63, 3.8) is 0 Å². The van der Waals surface area contributed by atoms with Crippen molar-refractivity contribution in [1.82, 2.24) is 9.97 Å². The Bertz CT molecular complexity index is 775. The summed E-state index contributed by atoms with van der Waals surface area (Å²) in [5, 5.41) is 3.46. The van der Waals surface area contributed by atoms with Crippen LogP contribution < -0.4 is 16.6 Å². The maximum atomic E-state index is 12.2. The molecule has 2 aromatic rings. The molecule has 0 radical (unpaired) electrons. The molecule has 0 atom stereocenters. The van der Waals surface area contributed by atoms with E-state index in [0.717, 1.165) is 12.2 Å². The van der Waals surface area contributed by atoms with E-state index < -0.39 is 11.5 Å². The summed E-state index contributed by atoms with van der Waals surface area (Å²) in [6.07, 6.45) is 1.00. The van der Waals surface area contributed by atoms with Crippen LogP contribution in [0, 0.1) is 5.92 Å². The summed E-state index contributed by atoms with van der Waals surface area (Å²) in [5.41, 5.74) is 5.67. The number of hydrogen-bond acceptors (Lipinski definition) is 5. The molecule has 8 heteroatoms. The highest BCUT2D eigenvalue weighted by Gasteiger charge is 2.14. The van der Waals surface area contributed by atoms with Gasteiger partial charge in [0.1, 0.15) is 5.69 Å². The summed E-state index contributed by atoms with van der Waals surface area (Å²) in [6.45, 7) is 4.25. The minimum atomic E-state index is -0.475. The number of anilines is 2. The van der Waals surface area contributed by atoms with Crippen molar-refractivity contribution in [1.29, 1.82) is 0 Å². The van der Waals surface area contributed by atoms with E-state index in [0.29, 0.717) is 21.7 Å². The fourth-order valence-corrected chi connectivity index (χ4v) is 3.07. The van der Waals surface area contributed by atoms with Crippen LogP contribution in [0.5, 0.6) is 0 Å². The number of thioether (sulfide) groups is 1. The van der Waals surface area contributed by atoms with Crippen LogP contribution in [0.25, 0.3) is 0 Å². The number of H-pyrrole nitrogens is 1. The van der Waals surface area contributed by atoms with E-state index in [1.807, 2.05) is 0 Å². The first-order valence-corrected chi connectivity index (χ1v) is 8.82. The Labute approximate surface area is 149 Å². The third-order valence-electron chi connectivity index (χ3n) is 3.20. The number of amides is 1. The van der Waals surface area contributed by atoms with Gasteiger partial charge >= 0.3 is 0 Å². The molecule has 0 bridgehead atoms. The number of nitrogen functional groups attached to an aromatic ring is 1. The van der Waals surface area contributed by atoms with Gasteiger partial charge in [-0.2, -0.15) is 0 Å². The second-order valence-corrected chi connectivity index (χ2v) is 7.14. The van der Waals surface area contributed by atoms with Gasteiger partial charge in [0.05, 0.1) is 0 Å². The van der Waals surface area contributed by atoms with Gasteiger partial charge in [-0.15, -0.1) is 0 Å². The average molecular weight is 367 g/mol. The van der Waals surface area contributed by atoms with Crippen molar-refractivity contribution < 1.29 is 4.79 Å². The number of aromatic amines is 1. The van der Waals surface area contributed by atoms with E-state index in [4.69, 9.17) is 17.3 Å². The van der Waals surface area contributed by atoms with E-state index in [2.05, 4.69) is 29.1 Å². The minimum Gasteiger partial charge on any atom is -0.382 e. The van der Waals surface area contributed by atoms with Crippen molar-refractivity contribution >= 4 is 40.8 Å². The zero-order chi connectivity index (χ0) is 17.7. The summed E-state index contributed by atoms with van der Waals surface area (Å²) in [6, 6.07) is 6.31. The third-order valence-corrected chi connectivity index (χ3v) is 4.36. The van der Waals surface area contributed by atoms with E-state index in [1.165, 1.54) is 11.8 Å². The van der Waals surface area contributed by atoms with Gasteiger partial charge in [0, 0.05) is 16.3 Å². The molecule has 0 fully saturated rings. The van der Waals surface area contributed by atoms with Gasteiger partial charge in [0.25, 0.3) is 11.5 Å². The molecule has 24 heavy (non-hydrogen) atoms. The Morgan fingerprint density at radius 1 is 1.38 bits per heavy atom. The number of aromatic nitrogens is 2. The molecule has 0 aliphatic rings. The van der Waals surface area contributed by atoms with Gasteiger partial charge in [0.2, 0.25) is 0 Å². The van der Waals surface area contributed by atoms with Crippen molar-refractivity contribution in [2.75, 3.05) is 16.8 Å². The molecular weight excluding hydrogens is 348 g/mol. The molecule has 6 nitrogen and oxygen atoms in total. The molecule has 1 aromatic heterocycles. The molecule has 0 aliphatic carbocycles. The Kier molecular flexibility index (Phi) is 6.28. The van der Waals surface area contributed by atoms with E-state index >= 15 is 0 Å². The standard InChI is InChI=1S/C16H19ClN4O2S/c1-9(2)7-8-24-16-20-13(18)12(15(23)21-16)19-14(22)10-3-5-11(17)6-4-10/h3-6,9H,7-8H2,1-2H3,(H,19,22)(H3,18,20,21,23). The van der Waals surface area contributed by atoms with Crippen molar-refractivity contribution in [3.8, 4) is 0 Å². The van der Waals surface area contributed by atoms with Crippen LogP contribution in [0.15, 0.2) is 34.2 Å². The van der Waals surface area contributed by atoms with Gasteiger partial charge in [-0.3, -0.25) is 14.6 Å². The van der Waals surface area contributed by atoms with Crippen LogP contribution in [-0.4, -0.2) is 21.6 Å². The molecule has 1 heterocycles. The number of nitrogens with two attached hydrogens (primary N) is 1. The zero-order valence-corrected chi connectivity index (χ0v) is 15.0. The fourth-order valence-electron chi connectivity index (χ4n) is 1.84. The molecule has 2 rings (SSSR count). The van der Waals surface area contributed by atoms with Gasteiger partial charge in [0.15, 0.2) is 11.0 Å². The lowest BCUT2D eigenvalue weighted by molar-refractivity contribution is 0.102. The number of rotatable bonds is 6. The number of nitrogens with zero attached hydrogens (tertiary/aromatic N) is 1. The molecule has 4 N–H and O–H groups in total. The van der Waals surface area contributed by atoms with Gasteiger partial charge < -0.3 is 11.1 Å². The second-order valence-electron chi connectivity index (χ2n) is 5.62. The van der Waals surface area contributed by atoms with Crippen LogP contribution in [-0.2, 0) is 0 Å². The Balaban J connectivity index is 2.12. The zero-order valence-electron chi connectivity index (χ0n) is 13.4. The normalized spacial score (nSPS) is 10.8. The quantitative estimate of drug-likeness (QED) is 0.537. The molecule has 0 spiro atoms. The molecule has 128 valence electrons.